The second-order valence-corrected chi connectivity index (χ2v) is 8.44. The van der Waals surface area contributed by atoms with Crippen molar-refractivity contribution < 1.29 is 27.5 Å². The summed E-state index contributed by atoms with van der Waals surface area (Å²) in [5.74, 6) is -1.05. The molecule has 0 bridgehead atoms. The number of carbonyl (C=O) groups is 2. The monoisotopic (exact) mass is 434 g/mol. The zero-order chi connectivity index (χ0) is 21.0. The molecule has 0 aliphatic carbocycles. The van der Waals surface area contributed by atoms with Gasteiger partial charge in [-0.3, -0.25) is 4.79 Å². The van der Waals surface area contributed by atoms with Gasteiger partial charge in [0.05, 0.1) is 34.4 Å². The number of thiazole rings is 1. The summed E-state index contributed by atoms with van der Waals surface area (Å²) in [6, 6.07) is 12.5. The van der Waals surface area contributed by atoms with E-state index in [1.54, 1.807) is 37.3 Å². The quantitative estimate of drug-likeness (QED) is 0.552. The number of fused-ring (bicyclic) bond motifs is 1. The van der Waals surface area contributed by atoms with Crippen molar-refractivity contribution in [3.63, 3.8) is 0 Å². The molecule has 0 amide bonds. The highest BCUT2D eigenvalue weighted by molar-refractivity contribution is 7.90. The van der Waals surface area contributed by atoms with Gasteiger partial charge in [-0.1, -0.05) is 29.5 Å². The van der Waals surface area contributed by atoms with Crippen LogP contribution in [0.2, 0.25) is 0 Å². The number of sulfonamides is 1. The van der Waals surface area contributed by atoms with Crippen molar-refractivity contribution in [3.05, 3.63) is 58.9 Å². The number of aromatic nitrogens is 1. The van der Waals surface area contributed by atoms with E-state index in [1.165, 1.54) is 29.9 Å². The van der Waals surface area contributed by atoms with Crippen LogP contribution in [-0.4, -0.2) is 38.6 Å². The van der Waals surface area contributed by atoms with Gasteiger partial charge < -0.3 is 14.0 Å². The van der Waals surface area contributed by atoms with E-state index in [2.05, 4.69) is 4.40 Å². The topological polar surface area (TPSA) is 104 Å². The third-order valence-corrected chi connectivity index (χ3v) is 6.37. The van der Waals surface area contributed by atoms with Crippen molar-refractivity contribution in [2.24, 2.45) is 4.40 Å². The molecule has 10 heteroatoms. The standard InChI is InChI=1S/C19H18N2O6S2/c1-3-27-17(22)12-21-15-10-9-13(18(23)26-2)11-16(15)28-19(21)20-29(24,25)14-7-5-4-6-8-14/h4-11H,3,12H2,1-2H3. The van der Waals surface area contributed by atoms with E-state index in [1.807, 2.05) is 0 Å². The summed E-state index contributed by atoms with van der Waals surface area (Å²) >= 11 is 1.05. The van der Waals surface area contributed by atoms with E-state index in [0.29, 0.717) is 15.8 Å². The first-order valence-corrected chi connectivity index (χ1v) is 10.8. The van der Waals surface area contributed by atoms with E-state index < -0.39 is 22.0 Å². The lowest BCUT2D eigenvalue weighted by atomic mass is 10.2. The molecule has 0 aliphatic heterocycles. The largest absolute Gasteiger partial charge is 0.465 e. The maximum absolute atomic E-state index is 12.7. The highest BCUT2D eigenvalue weighted by Gasteiger charge is 2.17. The number of carbonyl (C=O) groups excluding carboxylic acids is 2. The Balaban J connectivity index is 2.21. The average Bonchev–Trinajstić information content (AvgIpc) is 3.03. The molecule has 0 saturated heterocycles. The van der Waals surface area contributed by atoms with Crippen molar-refractivity contribution >= 4 is 43.5 Å². The van der Waals surface area contributed by atoms with Gasteiger partial charge in [0.15, 0.2) is 0 Å². The molecule has 1 heterocycles. The molecule has 0 unspecified atom stereocenters. The lowest BCUT2D eigenvalue weighted by Gasteiger charge is -2.06. The third-order valence-electron chi connectivity index (χ3n) is 3.94. The fourth-order valence-electron chi connectivity index (χ4n) is 2.62. The second-order valence-electron chi connectivity index (χ2n) is 5.83. The lowest BCUT2D eigenvalue weighted by molar-refractivity contribution is -0.143. The van der Waals surface area contributed by atoms with Crippen LogP contribution < -0.4 is 4.80 Å². The molecule has 0 atom stereocenters. The first kappa shape index (κ1) is 20.7. The van der Waals surface area contributed by atoms with Crippen LogP contribution in [0.1, 0.15) is 17.3 Å². The van der Waals surface area contributed by atoms with Gasteiger partial charge in [0.2, 0.25) is 4.80 Å². The summed E-state index contributed by atoms with van der Waals surface area (Å²) in [4.78, 5) is 24.0. The molecule has 0 spiro atoms. The number of hydrogen-bond acceptors (Lipinski definition) is 7. The predicted octanol–water partition coefficient (Wildman–Crippen LogP) is 2.34. The highest BCUT2D eigenvalue weighted by Crippen LogP contribution is 2.21. The average molecular weight is 434 g/mol. The molecule has 0 N–H and O–H groups in total. The van der Waals surface area contributed by atoms with Crippen LogP contribution in [-0.2, 0) is 30.8 Å². The van der Waals surface area contributed by atoms with Gasteiger partial charge in [-0.15, -0.1) is 4.40 Å². The number of esters is 2. The van der Waals surface area contributed by atoms with Crippen LogP contribution in [0, 0.1) is 0 Å². The molecule has 3 aromatic rings. The van der Waals surface area contributed by atoms with Crippen LogP contribution in [0.25, 0.3) is 10.2 Å². The van der Waals surface area contributed by atoms with Gasteiger partial charge in [-0.05, 0) is 37.3 Å². The lowest BCUT2D eigenvalue weighted by Crippen LogP contribution is -2.23. The number of methoxy groups -OCH3 is 1. The van der Waals surface area contributed by atoms with Crippen molar-refractivity contribution in [3.8, 4) is 0 Å². The van der Waals surface area contributed by atoms with E-state index in [0.717, 1.165) is 11.3 Å². The third kappa shape index (κ3) is 4.54. The minimum absolute atomic E-state index is 0.0374. The molecule has 29 heavy (non-hydrogen) atoms. The zero-order valence-corrected chi connectivity index (χ0v) is 17.3. The fraction of sp³-hybridized carbons (Fsp3) is 0.211. The van der Waals surface area contributed by atoms with Gasteiger partial charge in [-0.25, -0.2) is 4.79 Å². The molecule has 3 rings (SSSR count). The van der Waals surface area contributed by atoms with Crippen LogP contribution in [0.4, 0.5) is 0 Å². The molecule has 152 valence electrons. The first-order valence-electron chi connectivity index (χ1n) is 8.59. The fourth-order valence-corrected chi connectivity index (χ4v) is 4.92. The summed E-state index contributed by atoms with van der Waals surface area (Å²) < 4.78 is 41.1. The Morgan fingerprint density at radius 3 is 2.52 bits per heavy atom. The molecule has 0 aliphatic rings. The normalized spacial score (nSPS) is 12.1. The highest BCUT2D eigenvalue weighted by atomic mass is 32.2. The van der Waals surface area contributed by atoms with Crippen LogP contribution in [0.3, 0.4) is 0 Å². The first-order chi connectivity index (χ1) is 13.9. The Bertz CT molecular complexity index is 1230. The number of nitrogens with zero attached hydrogens (tertiary/aromatic N) is 2. The summed E-state index contributed by atoms with van der Waals surface area (Å²) in [5, 5.41) is 0. The van der Waals surface area contributed by atoms with Crippen LogP contribution in [0.15, 0.2) is 57.8 Å². The molecular weight excluding hydrogens is 416 g/mol. The molecule has 2 aromatic carbocycles. The SMILES string of the molecule is CCOC(=O)Cn1c(=NS(=O)(=O)c2ccccc2)sc2cc(C(=O)OC)ccc21. The smallest absolute Gasteiger partial charge is 0.337 e. The molecule has 8 nitrogen and oxygen atoms in total. The number of ether oxygens (including phenoxy) is 2. The molecule has 0 saturated carbocycles. The molecule has 0 radical (unpaired) electrons. The predicted molar refractivity (Wildman–Crippen MR) is 107 cm³/mol. The molecular formula is C19H18N2O6S2. The number of hydrogen-bond donors (Lipinski definition) is 0. The van der Waals surface area contributed by atoms with Crippen LogP contribution in [0.5, 0.6) is 0 Å². The van der Waals surface area contributed by atoms with Crippen molar-refractivity contribution in [2.45, 2.75) is 18.4 Å². The Labute approximate surface area is 171 Å². The van der Waals surface area contributed by atoms with Gasteiger partial charge in [0.1, 0.15) is 6.54 Å². The van der Waals surface area contributed by atoms with Crippen LogP contribution >= 0.6 is 11.3 Å². The van der Waals surface area contributed by atoms with Gasteiger partial charge in [0, 0.05) is 0 Å². The Kier molecular flexibility index (Phi) is 6.14. The van der Waals surface area contributed by atoms with E-state index in [9.17, 15) is 18.0 Å². The summed E-state index contributed by atoms with van der Waals surface area (Å²) in [6.07, 6.45) is 0. The summed E-state index contributed by atoms with van der Waals surface area (Å²) in [6.45, 7) is 1.67. The Hall–Kier alpha value is -2.98. The van der Waals surface area contributed by atoms with E-state index in [-0.39, 0.29) is 22.8 Å². The van der Waals surface area contributed by atoms with Crippen molar-refractivity contribution in [1.82, 2.24) is 4.57 Å². The molecule has 1 aromatic heterocycles. The maximum Gasteiger partial charge on any atom is 0.337 e. The minimum Gasteiger partial charge on any atom is -0.465 e. The van der Waals surface area contributed by atoms with Crippen molar-refractivity contribution in [1.29, 1.82) is 0 Å². The number of benzene rings is 2. The summed E-state index contributed by atoms with van der Waals surface area (Å²) in [7, 11) is -2.72. The van der Waals surface area contributed by atoms with E-state index in [4.69, 9.17) is 9.47 Å². The zero-order valence-electron chi connectivity index (χ0n) is 15.7. The minimum atomic E-state index is -3.99. The van der Waals surface area contributed by atoms with Gasteiger partial charge in [-0.2, -0.15) is 8.42 Å². The number of rotatable bonds is 6. The molecule has 0 fully saturated rings. The van der Waals surface area contributed by atoms with Crippen molar-refractivity contribution in [2.75, 3.05) is 13.7 Å². The van der Waals surface area contributed by atoms with Gasteiger partial charge >= 0.3 is 11.9 Å². The second kappa shape index (κ2) is 8.58. The summed E-state index contributed by atoms with van der Waals surface area (Å²) in [5.41, 5.74) is 0.861. The Morgan fingerprint density at radius 1 is 1.14 bits per heavy atom. The maximum atomic E-state index is 12.7. The van der Waals surface area contributed by atoms with Gasteiger partial charge in [0.25, 0.3) is 10.0 Å². The Morgan fingerprint density at radius 2 is 1.86 bits per heavy atom. The van der Waals surface area contributed by atoms with E-state index >= 15 is 0 Å².